The first-order chi connectivity index (χ1) is 9.63. The normalized spacial score (nSPS) is 11.7. The Morgan fingerprint density at radius 1 is 1.25 bits per heavy atom. The standard InChI is InChI=1S/C17H24O3/c1-4-10-20-17(18)16(13-19-12-14(2)3)11-15-8-6-5-7-9-15/h5-9,11,14H,4,10,12-13H2,1-3H3. The van der Waals surface area contributed by atoms with Crippen molar-refractivity contribution in [3.8, 4) is 0 Å². The quantitative estimate of drug-likeness (QED) is 0.536. The van der Waals surface area contributed by atoms with E-state index < -0.39 is 0 Å². The zero-order chi connectivity index (χ0) is 14.8. The molecule has 3 nitrogen and oxygen atoms in total. The van der Waals surface area contributed by atoms with Crippen molar-refractivity contribution in [1.82, 2.24) is 0 Å². The fourth-order valence-electron chi connectivity index (χ4n) is 1.60. The van der Waals surface area contributed by atoms with Crippen LogP contribution in [0.25, 0.3) is 6.08 Å². The van der Waals surface area contributed by atoms with Gasteiger partial charge in [0.1, 0.15) is 0 Å². The fourth-order valence-corrected chi connectivity index (χ4v) is 1.60. The van der Waals surface area contributed by atoms with E-state index in [9.17, 15) is 4.79 Å². The predicted molar refractivity (Wildman–Crippen MR) is 81.3 cm³/mol. The zero-order valence-electron chi connectivity index (χ0n) is 12.6. The second kappa shape index (κ2) is 9.32. The molecule has 0 fully saturated rings. The van der Waals surface area contributed by atoms with E-state index in [1.54, 1.807) is 0 Å². The number of hydrogen-bond acceptors (Lipinski definition) is 3. The monoisotopic (exact) mass is 276 g/mol. The third-order valence-corrected chi connectivity index (χ3v) is 2.55. The van der Waals surface area contributed by atoms with E-state index >= 15 is 0 Å². The van der Waals surface area contributed by atoms with Crippen molar-refractivity contribution < 1.29 is 14.3 Å². The van der Waals surface area contributed by atoms with Gasteiger partial charge < -0.3 is 9.47 Å². The molecule has 1 rings (SSSR count). The molecule has 0 bridgehead atoms. The van der Waals surface area contributed by atoms with E-state index in [0.29, 0.717) is 24.7 Å². The molecule has 0 N–H and O–H groups in total. The first-order valence-electron chi connectivity index (χ1n) is 7.14. The minimum atomic E-state index is -0.292. The minimum absolute atomic E-state index is 0.287. The number of esters is 1. The van der Waals surface area contributed by atoms with Crippen molar-refractivity contribution in [2.45, 2.75) is 27.2 Å². The van der Waals surface area contributed by atoms with Crippen LogP contribution in [-0.2, 0) is 14.3 Å². The average Bonchev–Trinajstić information content (AvgIpc) is 2.44. The lowest BCUT2D eigenvalue weighted by atomic mass is 10.1. The van der Waals surface area contributed by atoms with Gasteiger partial charge in [0.15, 0.2) is 0 Å². The zero-order valence-corrected chi connectivity index (χ0v) is 12.6. The fraction of sp³-hybridized carbons (Fsp3) is 0.471. The molecule has 0 atom stereocenters. The lowest BCUT2D eigenvalue weighted by molar-refractivity contribution is -0.139. The smallest absolute Gasteiger partial charge is 0.336 e. The summed E-state index contributed by atoms with van der Waals surface area (Å²) in [6.45, 7) is 7.49. The summed E-state index contributed by atoms with van der Waals surface area (Å²) in [7, 11) is 0. The predicted octanol–water partition coefficient (Wildman–Crippen LogP) is 3.70. The molecule has 110 valence electrons. The Morgan fingerprint density at radius 3 is 2.55 bits per heavy atom. The van der Waals surface area contributed by atoms with Gasteiger partial charge in [-0.1, -0.05) is 51.1 Å². The van der Waals surface area contributed by atoms with Crippen molar-refractivity contribution in [2.24, 2.45) is 5.92 Å². The van der Waals surface area contributed by atoms with Gasteiger partial charge in [-0.05, 0) is 24.0 Å². The van der Waals surface area contributed by atoms with Crippen molar-refractivity contribution in [3.63, 3.8) is 0 Å². The molecule has 0 aliphatic heterocycles. The molecule has 0 aliphatic carbocycles. The molecule has 0 unspecified atom stereocenters. The molecule has 0 amide bonds. The van der Waals surface area contributed by atoms with Crippen LogP contribution in [0.15, 0.2) is 35.9 Å². The first-order valence-corrected chi connectivity index (χ1v) is 7.14. The van der Waals surface area contributed by atoms with E-state index in [2.05, 4.69) is 13.8 Å². The summed E-state index contributed by atoms with van der Waals surface area (Å²) in [5.41, 5.74) is 1.54. The van der Waals surface area contributed by atoms with Crippen LogP contribution in [-0.4, -0.2) is 25.8 Å². The van der Waals surface area contributed by atoms with Crippen LogP contribution >= 0.6 is 0 Å². The van der Waals surface area contributed by atoms with Gasteiger partial charge in [-0.3, -0.25) is 0 Å². The third kappa shape index (κ3) is 6.53. The topological polar surface area (TPSA) is 35.5 Å². The Kier molecular flexibility index (Phi) is 7.66. The van der Waals surface area contributed by atoms with E-state index in [4.69, 9.17) is 9.47 Å². The van der Waals surface area contributed by atoms with Gasteiger partial charge in [0.2, 0.25) is 0 Å². The molecule has 0 aliphatic rings. The minimum Gasteiger partial charge on any atom is -0.462 e. The van der Waals surface area contributed by atoms with Crippen molar-refractivity contribution in [3.05, 3.63) is 41.5 Å². The molecule has 0 heterocycles. The van der Waals surface area contributed by atoms with Crippen LogP contribution < -0.4 is 0 Å². The summed E-state index contributed by atoms with van der Waals surface area (Å²) in [5, 5.41) is 0. The van der Waals surface area contributed by atoms with Crippen molar-refractivity contribution in [1.29, 1.82) is 0 Å². The molecular formula is C17H24O3. The third-order valence-electron chi connectivity index (χ3n) is 2.55. The van der Waals surface area contributed by atoms with E-state index in [-0.39, 0.29) is 12.6 Å². The van der Waals surface area contributed by atoms with E-state index in [1.807, 2.05) is 43.3 Å². The molecule has 0 saturated heterocycles. The Morgan fingerprint density at radius 2 is 1.95 bits per heavy atom. The molecule has 0 spiro atoms. The molecular weight excluding hydrogens is 252 g/mol. The number of carbonyl (C=O) groups excluding carboxylic acids is 1. The molecule has 0 aromatic heterocycles. The number of ether oxygens (including phenoxy) is 2. The number of carbonyl (C=O) groups is 1. The highest BCUT2D eigenvalue weighted by Crippen LogP contribution is 2.10. The molecule has 0 saturated carbocycles. The Hall–Kier alpha value is -1.61. The van der Waals surface area contributed by atoms with Gasteiger partial charge >= 0.3 is 5.97 Å². The second-order valence-electron chi connectivity index (χ2n) is 5.13. The lowest BCUT2D eigenvalue weighted by Gasteiger charge is -2.10. The number of benzene rings is 1. The maximum atomic E-state index is 12.0. The van der Waals surface area contributed by atoms with E-state index in [1.165, 1.54) is 0 Å². The Labute approximate surface area is 121 Å². The summed E-state index contributed by atoms with van der Waals surface area (Å²) in [5.74, 6) is 0.152. The molecule has 1 aromatic carbocycles. The Bertz CT molecular complexity index is 421. The van der Waals surface area contributed by atoms with Gasteiger partial charge in [0, 0.05) is 6.61 Å². The van der Waals surface area contributed by atoms with Crippen molar-refractivity contribution in [2.75, 3.05) is 19.8 Å². The highest BCUT2D eigenvalue weighted by molar-refractivity contribution is 5.94. The summed E-state index contributed by atoms with van der Waals surface area (Å²) in [6, 6.07) is 9.73. The van der Waals surface area contributed by atoms with Crippen LogP contribution in [0, 0.1) is 5.92 Å². The maximum absolute atomic E-state index is 12.0. The lowest BCUT2D eigenvalue weighted by Crippen LogP contribution is -2.15. The van der Waals surface area contributed by atoms with Gasteiger partial charge in [0.25, 0.3) is 0 Å². The second-order valence-corrected chi connectivity index (χ2v) is 5.13. The molecule has 0 radical (unpaired) electrons. The van der Waals surface area contributed by atoms with Crippen LogP contribution in [0.1, 0.15) is 32.8 Å². The van der Waals surface area contributed by atoms with Crippen LogP contribution in [0.4, 0.5) is 0 Å². The maximum Gasteiger partial charge on any atom is 0.336 e. The van der Waals surface area contributed by atoms with Gasteiger partial charge in [-0.25, -0.2) is 4.79 Å². The molecule has 3 heteroatoms. The molecule has 1 aromatic rings. The van der Waals surface area contributed by atoms with Crippen LogP contribution in [0.3, 0.4) is 0 Å². The number of hydrogen-bond donors (Lipinski definition) is 0. The SMILES string of the molecule is CCCOC(=O)C(=Cc1ccccc1)COCC(C)C. The van der Waals surface area contributed by atoms with Crippen LogP contribution in [0.5, 0.6) is 0 Å². The largest absolute Gasteiger partial charge is 0.462 e. The summed E-state index contributed by atoms with van der Waals surface area (Å²) in [4.78, 5) is 12.0. The van der Waals surface area contributed by atoms with Crippen molar-refractivity contribution >= 4 is 12.0 Å². The summed E-state index contributed by atoms with van der Waals surface area (Å²) in [6.07, 6.45) is 2.65. The highest BCUT2D eigenvalue weighted by atomic mass is 16.5. The van der Waals surface area contributed by atoms with Gasteiger partial charge in [-0.15, -0.1) is 0 Å². The summed E-state index contributed by atoms with van der Waals surface area (Å²) < 4.78 is 10.8. The molecule has 20 heavy (non-hydrogen) atoms. The van der Waals surface area contributed by atoms with Crippen LogP contribution in [0.2, 0.25) is 0 Å². The van der Waals surface area contributed by atoms with Gasteiger partial charge in [0.05, 0.1) is 18.8 Å². The van der Waals surface area contributed by atoms with E-state index in [0.717, 1.165) is 12.0 Å². The highest BCUT2D eigenvalue weighted by Gasteiger charge is 2.11. The summed E-state index contributed by atoms with van der Waals surface area (Å²) >= 11 is 0. The van der Waals surface area contributed by atoms with Gasteiger partial charge in [-0.2, -0.15) is 0 Å². The average molecular weight is 276 g/mol. The number of rotatable bonds is 8. The Balaban J connectivity index is 2.73. The first kappa shape index (κ1) is 16.4.